The molecule has 28 heavy (non-hydrogen) atoms. The van der Waals surface area contributed by atoms with E-state index >= 15 is 0 Å². The number of ether oxygens (including phenoxy) is 3. The zero-order valence-electron chi connectivity index (χ0n) is 16.8. The molecule has 1 aliphatic rings. The van der Waals surface area contributed by atoms with E-state index in [0.29, 0.717) is 18.9 Å². The van der Waals surface area contributed by atoms with Gasteiger partial charge in [0, 0.05) is 5.92 Å². The summed E-state index contributed by atoms with van der Waals surface area (Å²) < 4.78 is 16.2. The normalized spacial score (nSPS) is 17.0. The molecule has 0 amide bonds. The molecule has 0 bridgehead atoms. The lowest BCUT2D eigenvalue weighted by atomic mass is 10.0. The van der Waals surface area contributed by atoms with Gasteiger partial charge in [-0.3, -0.25) is 4.79 Å². The van der Waals surface area contributed by atoms with Gasteiger partial charge in [0.1, 0.15) is 11.5 Å². The van der Waals surface area contributed by atoms with Gasteiger partial charge < -0.3 is 14.2 Å². The Balaban J connectivity index is 1.53. The maximum Gasteiger partial charge on any atom is 0.308 e. The molecule has 0 saturated carbocycles. The molecule has 0 aliphatic heterocycles. The summed E-state index contributed by atoms with van der Waals surface area (Å²) in [4.78, 5) is 11.6. The first-order valence-corrected chi connectivity index (χ1v) is 9.72. The molecular weight excluding hydrogens is 352 g/mol. The molecule has 3 rings (SSSR count). The first-order valence-electron chi connectivity index (χ1n) is 9.72. The monoisotopic (exact) mass is 380 g/mol. The number of rotatable bonds is 8. The molecule has 1 unspecified atom stereocenters. The zero-order chi connectivity index (χ0) is 19.9. The Morgan fingerprint density at radius 3 is 2.68 bits per heavy atom. The third-order valence-electron chi connectivity index (χ3n) is 5.18. The highest BCUT2D eigenvalue weighted by molar-refractivity contribution is 5.72. The predicted molar refractivity (Wildman–Crippen MR) is 111 cm³/mol. The first kappa shape index (κ1) is 20.0. The van der Waals surface area contributed by atoms with Crippen LogP contribution in [0.25, 0.3) is 5.57 Å². The molecule has 0 saturated heterocycles. The van der Waals surface area contributed by atoms with Crippen LogP contribution in [0.5, 0.6) is 11.5 Å². The molecule has 148 valence electrons. The Labute approximate surface area is 167 Å². The topological polar surface area (TPSA) is 44.8 Å². The summed E-state index contributed by atoms with van der Waals surface area (Å²) in [5, 5.41) is 0. The van der Waals surface area contributed by atoms with Crippen LogP contribution in [0.4, 0.5) is 0 Å². The minimum Gasteiger partial charge on any atom is -0.497 e. The lowest BCUT2D eigenvalue weighted by molar-refractivity contribution is -0.144. The number of benzene rings is 2. The molecule has 0 N–H and O–H groups in total. The number of carbonyl (C=O) groups is 1. The van der Waals surface area contributed by atoms with Gasteiger partial charge in [0.2, 0.25) is 0 Å². The van der Waals surface area contributed by atoms with Crippen molar-refractivity contribution in [1.29, 1.82) is 0 Å². The van der Waals surface area contributed by atoms with Gasteiger partial charge in [-0.15, -0.1) is 0 Å². The Kier molecular flexibility index (Phi) is 6.75. The molecule has 0 heterocycles. The van der Waals surface area contributed by atoms with Crippen LogP contribution in [0.2, 0.25) is 0 Å². The average molecular weight is 380 g/mol. The van der Waals surface area contributed by atoms with Crippen molar-refractivity contribution in [3.8, 4) is 11.5 Å². The van der Waals surface area contributed by atoms with Crippen LogP contribution < -0.4 is 9.47 Å². The molecule has 4 nitrogen and oxygen atoms in total. The van der Waals surface area contributed by atoms with Crippen LogP contribution in [0.1, 0.15) is 30.9 Å². The fourth-order valence-electron chi connectivity index (χ4n) is 3.59. The lowest BCUT2D eigenvalue weighted by Gasteiger charge is -2.14. The van der Waals surface area contributed by atoms with Crippen LogP contribution in [0.15, 0.2) is 54.6 Å². The lowest BCUT2D eigenvalue weighted by Crippen LogP contribution is -2.15. The number of methoxy groups -OCH3 is 2. The second kappa shape index (κ2) is 9.45. The third kappa shape index (κ3) is 5.16. The summed E-state index contributed by atoms with van der Waals surface area (Å²) in [7, 11) is 3.12. The van der Waals surface area contributed by atoms with E-state index in [4.69, 9.17) is 14.2 Å². The van der Waals surface area contributed by atoms with Crippen LogP contribution in [0.3, 0.4) is 0 Å². The van der Waals surface area contributed by atoms with Gasteiger partial charge in [-0.1, -0.05) is 37.3 Å². The van der Waals surface area contributed by atoms with Gasteiger partial charge in [0.15, 0.2) is 0 Å². The molecular formula is C24H28O4. The van der Waals surface area contributed by atoms with Gasteiger partial charge in [0.05, 0.1) is 26.7 Å². The first-order chi connectivity index (χ1) is 13.6. The van der Waals surface area contributed by atoms with Crippen LogP contribution >= 0.6 is 0 Å². The van der Waals surface area contributed by atoms with Crippen LogP contribution in [0, 0.1) is 11.8 Å². The van der Waals surface area contributed by atoms with Crippen molar-refractivity contribution in [3.05, 3.63) is 65.7 Å². The molecule has 1 aliphatic carbocycles. The number of esters is 1. The van der Waals surface area contributed by atoms with E-state index in [1.165, 1.54) is 18.2 Å². The highest BCUT2D eigenvalue weighted by Gasteiger charge is 2.19. The average Bonchev–Trinajstić information content (AvgIpc) is 3.21. The molecule has 0 aromatic heterocycles. The molecule has 4 heteroatoms. The quantitative estimate of drug-likeness (QED) is 0.610. The number of allylic oxidation sites excluding steroid dienone is 2. The van der Waals surface area contributed by atoms with Gasteiger partial charge in [-0.25, -0.2) is 0 Å². The minimum atomic E-state index is -0.187. The van der Waals surface area contributed by atoms with Gasteiger partial charge in [-0.2, -0.15) is 0 Å². The molecule has 0 fully saturated rings. The second-order valence-electron chi connectivity index (χ2n) is 7.35. The fourth-order valence-corrected chi connectivity index (χ4v) is 3.59. The van der Waals surface area contributed by atoms with E-state index in [1.54, 1.807) is 7.11 Å². The van der Waals surface area contributed by atoms with E-state index in [9.17, 15) is 4.79 Å². The summed E-state index contributed by atoms with van der Waals surface area (Å²) in [6.45, 7) is 2.56. The molecule has 2 atom stereocenters. The smallest absolute Gasteiger partial charge is 0.308 e. The number of hydrogen-bond acceptors (Lipinski definition) is 4. The maximum atomic E-state index is 11.6. The Morgan fingerprint density at radius 1 is 1.11 bits per heavy atom. The zero-order valence-corrected chi connectivity index (χ0v) is 16.8. The summed E-state index contributed by atoms with van der Waals surface area (Å²) in [6.07, 6.45) is 4.98. The molecule has 2 aromatic carbocycles. The van der Waals surface area contributed by atoms with Crippen molar-refractivity contribution in [2.75, 3.05) is 20.8 Å². The fraction of sp³-hybridized carbons (Fsp3) is 0.375. The number of carbonyl (C=O) groups excluding carboxylic acids is 1. The summed E-state index contributed by atoms with van der Waals surface area (Å²) in [6, 6.07) is 16.2. The molecule has 2 aromatic rings. The largest absolute Gasteiger partial charge is 0.497 e. The van der Waals surface area contributed by atoms with Crippen molar-refractivity contribution in [3.63, 3.8) is 0 Å². The van der Waals surface area contributed by atoms with Crippen LogP contribution in [-0.4, -0.2) is 26.8 Å². The SMILES string of the molecule is COC(=O)[C@@H](C)Cc1cccc(OCC2CC=C(c3cccc(OC)c3)C2)c1. The predicted octanol–water partition coefficient (Wildman–Crippen LogP) is 4.92. The molecule has 0 spiro atoms. The Morgan fingerprint density at radius 2 is 1.89 bits per heavy atom. The van der Waals surface area contributed by atoms with Crippen molar-refractivity contribution >= 4 is 11.5 Å². The standard InChI is InChI=1S/C24H28O4/c1-17(24(25)27-3)12-18-6-4-9-23(14-18)28-16-19-10-11-21(13-19)20-7-5-8-22(15-20)26-2/h4-9,11,14-15,17,19H,10,12-13,16H2,1-3H3/t17-,19?/m0/s1. The van der Waals surface area contributed by atoms with Gasteiger partial charge in [0.25, 0.3) is 0 Å². The minimum absolute atomic E-state index is 0.162. The van der Waals surface area contributed by atoms with Gasteiger partial charge >= 0.3 is 5.97 Å². The van der Waals surface area contributed by atoms with E-state index in [0.717, 1.165) is 29.9 Å². The molecule has 0 radical (unpaired) electrons. The van der Waals surface area contributed by atoms with Crippen molar-refractivity contribution < 1.29 is 19.0 Å². The number of hydrogen-bond donors (Lipinski definition) is 0. The van der Waals surface area contributed by atoms with Crippen molar-refractivity contribution in [1.82, 2.24) is 0 Å². The van der Waals surface area contributed by atoms with E-state index in [-0.39, 0.29) is 11.9 Å². The third-order valence-corrected chi connectivity index (χ3v) is 5.18. The highest BCUT2D eigenvalue weighted by atomic mass is 16.5. The summed E-state index contributed by atoms with van der Waals surface area (Å²) in [5.74, 6) is 1.86. The van der Waals surface area contributed by atoms with Crippen molar-refractivity contribution in [2.24, 2.45) is 11.8 Å². The Bertz CT molecular complexity index is 840. The maximum absolute atomic E-state index is 11.6. The second-order valence-corrected chi connectivity index (χ2v) is 7.35. The highest BCUT2D eigenvalue weighted by Crippen LogP contribution is 2.34. The van der Waals surface area contributed by atoms with Crippen molar-refractivity contribution in [2.45, 2.75) is 26.2 Å². The van der Waals surface area contributed by atoms with Gasteiger partial charge in [-0.05, 0) is 60.2 Å². The van der Waals surface area contributed by atoms with E-state index in [1.807, 2.05) is 43.3 Å². The Hall–Kier alpha value is -2.75. The van der Waals surface area contributed by atoms with E-state index in [2.05, 4.69) is 18.2 Å². The van der Waals surface area contributed by atoms with Crippen LogP contribution in [-0.2, 0) is 16.0 Å². The summed E-state index contributed by atoms with van der Waals surface area (Å²) in [5.41, 5.74) is 3.66. The van der Waals surface area contributed by atoms with E-state index < -0.39 is 0 Å². The summed E-state index contributed by atoms with van der Waals surface area (Å²) >= 11 is 0.